The van der Waals surface area contributed by atoms with E-state index >= 15 is 0 Å². The maximum atomic E-state index is 13.1. The molecule has 2 aromatic heterocycles. The summed E-state index contributed by atoms with van der Waals surface area (Å²) in [5.41, 5.74) is 3.85. The molecule has 4 nitrogen and oxygen atoms in total. The fourth-order valence-corrected chi connectivity index (χ4v) is 5.84. The molecule has 27 heavy (non-hydrogen) atoms. The van der Waals surface area contributed by atoms with E-state index in [0.717, 1.165) is 34.0 Å². The highest BCUT2D eigenvalue weighted by molar-refractivity contribution is 8.00. The maximum absolute atomic E-state index is 13.1. The summed E-state index contributed by atoms with van der Waals surface area (Å²) in [5.74, 6) is 0.946. The molecule has 1 aliphatic heterocycles. The van der Waals surface area contributed by atoms with Gasteiger partial charge in [0.25, 0.3) is 0 Å². The van der Waals surface area contributed by atoms with Crippen molar-refractivity contribution in [3.8, 4) is 0 Å². The SMILES string of the molecule is Cc1nc(S[C@H](C)C(=O)N2CCc3ccccc3C2)c2c(C)c(C)sc2n1. The van der Waals surface area contributed by atoms with E-state index in [1.807, 2.05) is 24.8 Å². The number of nitrogens with zero attached hydrogens (tertiary/aromatic N) is 3. The Morgan fingerprint density at radius 2 is 1.93 bits per heavy atom. The molecule has 4 rings (SSSR count). The Balaban J connectivity index is 1.57. The van der Waals surface area contributed by atoms with Crippen molar-refractivity contribution in [3.63, 3.8) is 0 Å². The quantitative estimate of drug-likeness (QED) is 0.475. The number of thiophene rings is 1. The first-order chi connectivity index (χ1) is 12.9. The molecule has 0 fully saturated rings. The Morgan fingerprint density at radius 1 is 1.19 bits per heavy atom. The minimum atomic E-state index is -0.174. The number of fused-ring (bicyclic) bond motifs is 2. The van der Waals surface area contributed by atoms with Gasteiger partial charge >= 0.3 is 0 Å². The monoisotopic (exact) mass is 397 g/mol. The van der Waals surface area contributed by atoms with Gasteiger partial charge in [0.2, 0.25) is 5.91 Å². The van der Waals surface area contributed by atoms with E-state index in [-0.39, 0.29) is 11.2 Å². The lowest BCUT2D eigenvalue weighted by Crippen LogP contribution is -2.40. The summed E-state index contributed by atoms with van der Waals surface area (Å²) in [6.07, 6.45) is 0.930. The van der Waals surface area contributed by atoms with Crippen LogP contribution in [0.15, 0.2) is 29.3 Å². The van der Waals surface area contributed by atoms with Crippen LogP contribution >= 0.6 is 23.1 Å². The van der Waals surface area contributed by atoms with Crippen LogP contribution in [0.5, 0.6) is 0 Å². The summed E-state index contributed by atoms with van der Waals surface area (Å²) in [6, 6.07) is 8.41. The summed E-state index contributed by atoms with van der Waals surface area (Å²) in [7, 11) is 0. The van der Waals surface area contributed by atoms with Gasteiger partial charge in [-0.1, -0.05) is 36.0 Å². The van der Waals surface area contributed by atoms with Gasteiger partial charge in [0.15, 0.2) is 0 Å². The molecule has 3 aromatic rings. The molecule has 0 saturated heterocycles. The van der Waals surface area contributed by atoms with Gasteiger partial charge in [-0.2, -0.15) is 0 Å². The van der Waals surface area contributed by atoms with Gasteiger partial charge in [0.05, 0.1) is 5.25 Å². The average Bonchev–Trinajstić information content (AvgIpc) is 2.94. The third kappa shape index (κ3) is 3.48. The molecule has 1 amide bonds. The highest BCUT2D eigenvalue weighted by atomic mass is 32.2. The first kappa shape index (κ1) is 18.4. The van der Waals surface area contributed by atoms with Crippen molar-refractivity contribution < 1.29 is 4.79 Å². The zero-order valence-corrected chi connectivity index (χ0v) is 17.7. The molecule has 1 aliphatic rings. The van der Waals surface area contributed by atoms with E-state index in [0.29, 0.717) is 6.54 Å². The molecule has 0 unspecified atom stereocenters. The predicted octanol–water partition coefficient (Wildman–Crippen LogP) is 4.68. The fraction of sp³-hybridized carbons (Fsp3) is 0.381. The van der Waals surface area contributed by atoms with Crippen molar-refractivity contribution in [2.45, 2.75) is 50.9 Å². The summed E-state index contributed by atoms with van der Waals surface area (Å²) in [4.78, 5) is 26.6. The standard InChI is InChI=1S/C21H23N3OS2/c1-12-13(2)26-19-18(12)20(23-15(4)22-19)27-14(3)21(25)24-10-9-16-7-5-6-8-17(16)11-24/h5-8,14H,9-11H2,1-4H3/t14-/m1/s1. The predicted molar refractivity (Wildman–Crippen MR) is 113 cm³/mol. The number of rotatable bonds is 3. The van der Waals surface area contributed by atoms with Gasteiger partial charge in [-0.15, -0.1) is 11.3 Å². The summed E-state index contributed by atoms with van der Waals surface area (Å²) in [6.45, 7) is 9.63. The fourth-order valence-electron chi connectivity index (χ4n) is 3.56. The number of hydrogen-bond acceptors (Lipinski definition) is 5. The smallest absolute Gasteiger partial charge is 0.236 e. The number of carbonyl (C=O) groups excluding carboxylic acids is 1. The minimum Gasteiger partial charge on any atom is -0.337 e. The lowest BCUT2D eigenvalue weighted by Gasteiger charge is -2.30. The molecule has 1 atom stereocenters. The van der Waals surface area contributed by atoms with Crippen molar-refractivity contribution in [1.82, 2.24) is 14.9 Å². The Labute approximate surface area is 168 Å². The Morgan fingerprint density at radius 3 is 2.70 bits per heavy atom. The summed E-state index contributed by atoms with van der Waals surface area (Å²) < 4.78 is 0. The topological polar surface area (TPSA) is 46.1 Å². The Hall–Kier alpha value is -1.92. The highest BCUT2D eigenvalue weighted by Crippen LogP contribution is 2.37. The molecule has 0 spiro atoms. The zero-order valence-electron chi connectivity index (χ0n) is 16.1. The van der Waals surface area contributed by atoms with Crippen LogP contribution in [0.2, 0.25) is 0 Å². The van der Waals surface area contributed by atoms with Crippen molar-refractivity contribution in [2.24, 2.45) is 0 Å². The van der Waals surface area contributed by atoms with Crippen LogP contribution in [0.3, 0.4) is 0 Å². The third-order valence-electron chi connectivity index (χ3n) is 5.19. The molecule has 6 heteroatoms. The van der Waals surface area contributed by atoms with Crippen LogP contribution in [0, 0.1) is 20.8 Å². The summed E-state index contributed by atoms with van der Waals surface area (Å²) >= 11 is 3.27. The number of benzene rings is 1. The van der Waals surface area contributed by atoms with Crippen LogP contribution < -0.4 is 0 Å². The first-order valence-corrected chi connectivity index (χ1v) is 10.9. The lowest BCUT2D eigenvalue weighted by molar-refractivity contribution is -0.131. The van der Waals surface area contributed by atoms with E-state index in [4.69, 9.17) is 0 Å². The van der Waals surface area contributed by atoms with Crippen molar-refractivity contribution in [1.29, 1.82) is 0 Å². The maximum Gasteiger partial charge on any atom is 0.236 e. The molecule has 0 N–H and O–H groups in total. The molecular weight excluding hydrogens is 374 g/mol. The van der Waals surface area contributed by atoms with E-state index < -0.39 is 0 Å². The first-order valence-electron chi connectivity index (χ1n) is 9.20. The van der Waals surface area contributed by atoms with Crippen LogP contribution in [-0.4, -0.2) is 32.6 Å². The molecule has 0 saturated carbocycles. The number of thioether (sulfide) groups is 1. The Kier molecular flexibility index (Phi) is 4.95. The minimum absolute atomic E-state index is 0.174. The molecule has 1 aromatic carbocycles. The third-order valence-corrected chi connectivity index (χ3v) is 7.36. The highest BCUT2D eigenvalue weighted by Gasteiger charge is 2.26. The van der Waals surface area contributed by atoms with Crippen LogP contribution in [0.4, 0.5) is 0 Å². The van der Waals surface area contributed by atoms with Crippen LogP contribution in [0.1, 0.15) is 34.3 Å². The zero-order chi connectivity index (χ0) is 19.1. The van der Waals surface area contributed by atoms with Gasteiger partial charge in [-0.05, 0) is 50.8 Å². The van der Waals surface area contributed by atoms with Crippen molar-refractivity contribution in [2.75, 3.05) is 6.54 Å². The van der Waals surface area contributed by atoms with E-state index in [9.17, 15) is 4.79 Å². The van der Waals surface area contributed by atoms with Crippen molar-refractivity contribution in [3.05, 3.63) is 51.7 Å². The second-order valence-corrected chi connectivity index (χ2v) is 9.61. The number of hydrogen-bond donors (Lipinski definition) is 0. The van der Waals surface area contributed by atoms with Crippen LogP contribution in [0.25, 0.3) is 10.2 Å². The van der Waals surface area contributed by atoms with Crippen molar-refractivity contribution >= 4 is 39.2 Å². The van der Waals surface area contributed by atoms with Gasteiger partial charge in [0, 0.05) is 23.4 Å². The lowest BCUT2D eigenvalue weighted by atomic mass is 10.00. The van der Waals surface area contributed by atoms with Crippen LogP contribution in [-0.2, 0) is 17.8 Å². The average molecular weight is 398 g/mol. The number of aryl methyl sites for hydroxylation is 3. The second kappa shape index (κ2) is 7.24. The van der Waals surface area contributed by atoms with Gasteiger partial charge in [0.1, 0.15) is 15.7 Å². The number of aromatic nitrogens is 2. The van der Waals surface area contributed by atoms with Gasteiger partial charge < -0.3 is 4.90 Å². The molecule has 140 valence electrons. The second-order valence-electron chi connectivity index (χ2n) is 7.08. The normalized spacial score (nSPS) is 15.0. The van der Waals surface area contributed by atoms with Gasteiger partial charge in [-0.3, -0.25) is 4.79 Å². The molecule has 3 heterocycles. The molecule has 0 radical (unpaired) electrons. The van der Waals surface area contributed by atoms with E-state index in [1.165, 1.54) is 21.6 Å². The summed E-state index contributed by atoms with van der Waals surface area (Å²) in [5, 5.41) is 1.86. The van der Waals surface area contributed by atoms with E-state index in [1.54, 1.807) is 23.1 Å². The number of amides is 1. The molecule has 0 bridgehead atoms. The largest absolute Gasteiger partial charge is 0.337 e. The van der Waals surface area contributed by atoms with Gasteiger partial charge in [-0.25, -0.2) is 9.97 Å². The number of carbonyl (C=O) groups is 1. The Bertz CT molecular complexity index is 1030. The molecular formula is C21H23N3OS2. The molecule has 0 aliphatic carbocycles. The van der Waals surface area contributed by atoms with E-state index in [2.05, 4.69) is 42.0 Å².